The maximum Gasteiger partial charge on any atom is 0.433 e. The van der Waals surface area contributed by atoms with Gasteiger partial charge < -0.3 is 20.1 Å². The van der Waals surface area contributed by atoms with Gasteiger partial charge in [0.15, 0.2) is 11.3 Å². The quantitative estimate of drug-likeness (QED) is 0.281. The van der Waals surface area contributed by atoms with E-state index in [2.05, 4.69) is 20.3 Å². The van der Waals surface area contributed by atoms with Gasteiger partial charge in [-0.3, -0.25) is 14.5 Å². The summed E-state index contributed by atoms with van der Waals surface area (Å²) >= 11 is 0. The third kappa shape index (κ3) is 6.04. The van der Waals surface area contributed by atoms with Gasteiger partial charge in [-0.25, -0.2) is 9.50 Å². The van der Waals surface area contributed by atoms with Gasteiger partial charge in [0.1, 0.15) is 11.3 Å². The molecular formula is C33H35F3N6O4. The van der Waals surface area contributed by atoms with Crippen LogP contribution < -0.4 is 10.1 Å². The van der Waals surface area contributed by atoms with E-state index < -0.39 is 17.8 Å². The minimum atomic E-state index is -4.75. The van der Waals surface area contributed by atoms with Crippen LogP contribution >= 0.6 is 0 Å². The molecule has 0 bridgehead atoms. The molecule has 242 valence electrons. The van der Waals surface area contributed by atoms with Crippen molar-refractivity contribution in [3.05, 3.63) is 77.1 Å². The third-order valence-corrected chi connectivity index (χ3v) is 8.77. The summed E-state index contributed by atoms with van der Waals surface area (Å²) in [5, 5.41) is 17.3. The van der Waals surface area contributed by atoms with Crippen molar-refractivity contribution >= 4 is 23.1 Å². The van der Waals surface area contributed by atoms with Crippen LogP contribution in [0.5, 0.6) is 5.75 Å². The highest BCUT2D eigenvalue weighted by Crippen LogP contribution is 2.37. The Morgan fingerprint density at radius 3 is 2.50 bits per heavy atom. The van der Waals surface area contributed by atoms with Crippen LogP contribution in [0.2, 0.25) is 0 Å². The SMILES string of the molecule is COc1ccc(-c2nc3c(C(=O)N4CCN(C(CO)c5cccc(NC(=O)C6CC6)c5)C[C@H]4C)cnn3c(C(F)(F)F)c2C)cc1. The Morgan fingerprint density at radius 1 is 1.13 bits per heavy atom. The van der Waals surface area contributed by atoms with E-state index in [4.69, 9.17) is 4.74 Å². The van der Waals surface area contributed by atoms with Gasteiger partial charge in [0.2, 0.25) is 5.91 Å². The maximum atomic E-state index is 14.4. The first-order valence-electron chi connectivity index (χ1n) is 15.2. The second kappa shape index (κ2) is 12.4. The first kappa shape index (κ1) is 31.5. The number of fused-ring (bicyclic) bond motifs is 1. The number of hydrogen-bond acceptors (Lipinski definition) is 7. The maximum absolute atomic E-state index is 14.4. The molecule has 6 rings (SSSR count). The minimum Gasteiger partial charge on any atom is -0.497 e. The van der Waals surface area contributed by atoms with Crippen molar-refractivity contribution in [1.29, 1.82) is 0 Å². The third-order valence-electron chi connectivity index (χ3n) is 8.77. The van der Waals surface area contributed by atoms with Gasteiger partial charge in [-0.2, -0.15) is 18.3 Å². The molecule has 10 nitrogen and oxygen atoms in total. The Balaban J connectivity index is 1.26. The molecule has 2 aromatic carbocycles. The van der Waals surface area contributed by atoms with Crippen molar-refractivity contribution in [3.8, 4) is 17.0 Å². The number of alkyl halides is 3. The molecular weight excluding hydrogens is 601 g/mol. The summed E-state index contributed by atoms with van der Waals surface area (Å²) < 4.78 is 49.0. The van der Waals surface area contributed by atoms with E-state index in [0.717, 1.165) is 24.6 Å². The lowest BCUT2D eigenvalue weighted by Crippen LogP contribution is -2.55. The Hall–Kier alpha value is -4.49. The average Bonchev–Trinajstić information content (AvgIpc) is 3.80. The zero-order valence-corrected chi connectivity index (χ0v) is 25.7. The molecule has 1 unspecified atom stereocenters. The number of methoxy groups -OCH3 is 1. The first-order valence-corrected chi connectivity index (χ1v) is 15.2. The number of nitrogens with one attached hydrogen (secondary N) is 1. The topological polar surface area (TPSA) is 112 Å². The van der Waals surface area contributed by atoms with Gasteiger partial charge in [-0.1, -0.05) is 12.1 Å². The molecule has 1 saturated carbocycles. The number of carbonyl (C=O) groups is 2. The Morgan fingerprint density at radius 2 is 1.87 bits per heavy atom. The number of aliphatic hydroxyl groups is 1. The van der Waals surface area contributed by atoms with Crippen molar-refractivity contribution in [3.63, 3.8) is 0 Å². The highest BCUT2D eigenvalue weighted by atomic mass is 19.4. The monoisotopic (exact) mass is 636 g/mol. The number of nitrogens with zero attached hydrogens (tertiary/aromatic N) is 5. The number of benzene rings is 2. The second-order valence-electron chi connectivity index (χ2n) is 11.9. The summed E-state index contributed by atoms with van der Waals surface area (Å²) in [4.78, 5) is 34.4. The van der Waals surface area contributed by atoms with Crippen LogP contribution in [0.4, 0.5) is 18.9 Å². The van der Waals surface area contributed by atoms with Crippen LogP contribution in [0.25, 0.3) is 16.9 Å². The van der Waals surface area contributed by atoms with Crippen LogP contribution in [-0.4, -0.2) is 80.7 Å². The molecule has 3 heterocycles. The van der Waals surface area contributed by atoms with Crippen LogP contribution in [0.1, 0.15) is 53.0 Å². The molecule has 2 amide bonds. The van der Waals surface area contributed by atoms with E-state index >= 15 is 0 Å². The molecule has 4 aromatic rings. The number of aromatic nitrogens is 3. The number of ether oxygens (including phenoxy) is 1. The number of aliphatic hydroxyl groups excluding tert-OH is 1. The number of rotatable bonds is 8. The fourth-order valence-corrected chi connectivity index (χ4v) is 6.16. The lowest BCUT2D eigenvalue weighted by Gasteiger charge is -2.43. The first-order chi connectivity index (χ1) is 22.0. The Kier molecular flexibility index (Phi) is 8.47. The standard InChI is InChI=1S/C33H35F3N6O4/c1-19-17-40(27(18-43)23-5-4-6-24(15-23)38-31(44)22-7-8-22)13-14-41(19)32(45)26-16-37-42-29(33(34,35)36)20(2)28(39-30(26)42)21-9-11-25(46-3)12-10-21/h4-6,9-12,15-16,19,22,27,43H,7-8,13-14,17-18H2,1-3H3,(H,38,44)/t19-,27?/m1/s1. The van der Waals surface area contributed by atoms with Crippen LogP contribution in [0.15, 0.2) is 54.7 Å². The molecule has 2 N–H and O–H groups in total. The normalized spacial score (nSPS) is 18.1. The van der Waals surface area contributed by atoms with Crippen molar-refractivity contribution < 1.29 is 32.6 Å². The van der Waals surface area contributed by atoms with E-state index in [1.165, 1.54) is 14.0 Å². The van der Waals surface area contributed by atoms with Gasteiger partial charge in [0.25, 0.3) is 5.91 Å². The van der Waals surface area contributed by atoms with E-state index in [1.807, 2.05) is 31.2 Å². The van der Waals surface area contributed by atoms with Crippen LogP contribution in [0, 0.1) is 12.8 Å². The van der Waals surface area contributed by atoms with Crippen molar-refractivity contribution in [2.45, 2.75) is 44.9 Å². The number of hydrogen-bond donors (Lipinski definition) is 2. The summed E-state index contributed by atoms with van der Waals surface area (Å²) in [7, 11) is 1.50. The summed E-state index contributed by atoms with van der Waals surface area (Å²) in [6.45, 7) is 4.12. The number of halogens is 3. The van der Waals surface area contributed by atoms with E-state index in [1.54, 1.807) is 29.2 Å². The summed E-state index contributed by atoms with van der Waals surface area (Å²) in [5.74, 6) is 0.125. The van der Waals surface area contributed by atoms with Gasteiger partial charge >= 0.3 is 6.18 Å². The summed E-state index contributed by atoms with van der Waals surface area (Å²) in [6.07, 6.45) is -1.82. The summed E-state index contributed by atoms with van der Waals surface area (Å²) in [6, 6.07) is 13.2. The summed E-state index contributed by atoms with van der Waals surface area (Å²) in [5.41, 5.74) is 0.714. The molecule has 0 spiro atoms. The van der Waals surface area contributed by atoms with Crippen molar-refractivity contribution in [1.82, 2.24) is 24.4 Å². The molecule has 13 heteroatoms. The van der Waals surface area contributed by atoms with Crippen LogP contribution in [0.3, 0.4) is 0 Å². The minimum absolute atomic E-state index is 0.00531. The number of piperazine rings is 1. The lowest BCUT2D eigenvalue weighted by molar-refractivity contribution is -0.143. The van der Waals surface area contributed by atoms with Crippen molar-refractivity contribution in [2.24, 2.45) is 5.92 Å². The van der Waals surface area contributed by atoms with Gasteiger partial charge in [-0.05, 0) is 68.7 Å². The fourth-order valence-electron chi connectivity index (χ4n) is 6.16. The molecule has 2 aromatic heterocycles. The Labute approximate surface area is 263 Å². The molecule has 46 heavy (non-hydrogen) atoms. The number of anilines is 1. The number of carbonyl (C=O) groups excluding carboxylic acids is 2. The van der Waals surface area contributed by atoms with E-state index in [0.29, 0.717) is 34.6 Å². The smallest absolute Gasteiger partial charge is 0.433 e. The highest BCUT2D eigenvalue weighted by molar-refractivity contribution is 6.00. The average molecular weight is 637 g/mol. The van der Waals surface area contributed by atoms with Crippen LogP contribution in [-0.2, 0) is 11.0 Å². The van der Waals surface area contributed by atoms with Crippen molar-refractivity contribution in [2.75, 3.05) is 38.7 Å². The largest absolute Gasteiger partial charge is 0.497 e. The zero-order valence-electron chi connectivity index (χ0n) is 25.7. The molecule has 1 aliphatic heterocycles. The molecule has 2 aliphatic rings. The van der Waals surface area contributed by atoms with Gasteiger partial charge in [0.05, 0.1) is 31.6 Å². The van der Waals surface area contributed by atoms with Gasteiger partial charge in [-0.15, -0.1) is 0 Å². The number of amides is 2. The van der Waals surface area contributed by atoms with Gasteiger partial charge in [0, 0.05) is 48.4 Å². The molecule has 0 radical (unpaired) electrons. The second-order valence-corrected chi connectivity index (χ2v) is 11.9. The highest BCUT2D eigenvalue weighted by Gasteiger charge is 2.40. The molecule has 1 aliphatic carbocycles. The lowest BCUT2D eigenvalue weighted by atomic mass is 10.0. The predicted octanol–water partition coefficient (Wildman–Crippen LogP) is 4.96. The zero-order chi connectivity index (χ0) is 32.7. The Bertz CT molecular complexity index is 1770. The molecule has 2 atom stereocenters. The molecule has 2 fully saturated rings. The van der Waals surface area contributed by atoms with E-state index in [-0.39, 0.29) is 59.5 Å². The van der Waals surface area contributed by atoms with E-state index in [9.17, 15) is 27.9 Å². The fraction of sp³-hybridized carbons (Fsp3) is 0.394. The predicted molar refractivity (Wildman–Crippen MR) is 164 cm³/mol. The molecule has 1 saturated heterocycles.